The van der Waals surface area contributed by atoms with E-state index in [0.717, 1.165) is 116 Å². The molecule has 0 N–H and O–H groups in total. The lowest BCUT2D eigenvalue weighted by Crippen LogP contribution is -2.09. The van der Waals surface area contributed by atoms with Gasteiger partial charge in [-0.05, 0) is 85.9 Å². The molecule has 52 heavy (non-hydrogen) atoms. The summed E-state index contributed by atoms with van der Waals surface area (Å²) in [4.78, 5) is 0. The lowest BCUT2D eigenvalue weighted by molar-refractivity contribution is 0.0360. The van der Waals surface area contributed by atoms with E-state index in [1.807, 2.05) is 0 Å². The maximum atomic E-state index is 5.44. The van der Waals surface area contributed by atoms with Crippen LogP contribution in [0.5, 0.6) is 0 Å². The first-order chi connectivity index (χ1) is 24.5. The smallest absolute Gasteiger partial charge is 0.0700 e. The van der Waals surface area contributed by atoms with Crippen molar-refractivity contribution in [1.29, 1.82) is 0 Å². The van der Waals surface area contributed by atoms with Gasteiger partial charge < -0.3 is 28.4 Å². The SMILES string of the molecule is CC(C)CC=CCOCC(C)C.CC(C)CC=CCOCC(C)C.CC(C)CCCOCCOCC(C)C.CC(C)CCCOCCOCC(C)C. The molecule has 6 heteroatoms. The van der Waals surface area contributed by atoms with Gasteiger partial charge in [-0.1, -0.05) is 135 Å². The van der Waals surface area contributed by atoms with Gasteiger partial charge >= 0.3 is 0 Å². The Morgan fingerprint density at radius 3 is 0.846 bits per heavy atom. The van der Waals surface area contributed by atoms with Crippen LogP contribution in [0.25, 0.3) is 0 Å². The predicted octanol–water partition coefficient (Wildman–Crippen LogP) is 12.7. The van der Waals surface area contributed by atoms with Crippen LogP contribution in [0.15, 0.2) is 24.3 Å². The Labute approximate surface area is 327 Å². The van der Waals surface area contributed by atoms with Crippen LogP contribution >= 0.6 is 0 Å². The summed E-state index contributed by atoms with van der Waals surface area (Å²) in [5.74, 6) is 5.61. The van der Waals surface area contributed by atoms with Crippen LogP contribution in [0.2, 0.25) is 0 Å². The summed E-state index contributed by atoms with van der Waals surface area (Å²) in [7, 11) is 0. The Morgan fingerprint density at radius 1 is 0.288 bits per heavy atom. The molecule has 0 aromatic carbocycles. The van der Waals surface area contributed by atoms with E-state index in [4.69, 9.17) is 28.4 Å². The van der Waals surface area contributed by atoms with Gasteiger partial charge in [0.05, 0.1) is 39.6 Å². The molecule has 0 spiro atoms. The first-order valence-electron chi connectivity index (χ1n) is 21.3. The van der Waals surface area contributed by atoms with Crippen molar-refractivity contribution in [3.05, 3.63) is 24.3 Å². The predicted molar refractivity (Wildman–Crippen MR) is 230 cm³/mol. The first kappa shape index (κ1) is 58.0. The first-order valence-corrected chi connectivity index (χ1v) is 21.3. The molecule has 316 valence electrons. The van der Waals surface area contributed by atoms with Gasteiger partial charge in [0.15, 0.2) is 0 Å². The molecule has 0 saturated carbocycles. The summed E-state index contributed by atoms with van der Waals surface area (Å²) < 4.78 is 32.5. The number of allylic oxidation sites excluding steroid dienone is 2. The third-order valence-corrected chi connectivity index (χ3v) is 6.67. The van der Waals surface area contributed by atoms with Crippen LogP contribution in [-0.2, 0) is 28.4 Å². The summed E-state index contributed by atoms with van der Waals surface area (Å²) in [6, 6.07) is 0. The highest BCUT2D eigenvalue weighted by molar-refractivity contribution is 4.82. The topological polar surface area (TPSA) is 55.4 Å². The van der Waals surface area contributed by atoms with Gasteiger partial charge in [0.25, 0.3) is 0 Å². The molecule has 0 aliphatic heterocycles. The Morgan fingerprint density at radius 2 is 0.577 bits per heavy atom. The van der Waals surface area contributed by atoms with E-state index in [9.17, 15) is 0 Å². The molecule has 0 radical (unpaired) electrons. The molecule has 0 rings (SSSR count). The van der Waals surface area contributed by atoms with Crippen molar-refractivity contribution < 1.29 is 28.4 Å². The van der Waals surface area contributed by atoms with Crippen molar-refractivity contribution in [2.45, 2.75) is 149 Å². The van der Waals surface area contributed by atoms with E-state index in [2.05, 4.69) is 135 Å². The fourth-order valence-corrected chi connectivity index (χ4v) is 3.88. The second-order valence-corrected chi connectivity index (χ2v) is 17.3. The Bertz CT molecular complexity index is 596. The minimum absolute atomic E-state index is 0.621. The Balaban J connectivity index is -0.000000296. The molecule has 0 unspecified atom stereocenters. The average Bonchev–Trinajstić information content (AvgIpc) is 3.03. The van der Waals surface area contributed by atoms with Crippen molar-refractivity contribution in [3.63, 3.8) is 0 Å². The van der Waals surface area contributed by atoms with Crippen LogP contribution in [0.3, 0.4) is 0 Å². The van der Waals surface area contributed by atoms with Gasteiger partial charge in [-0.3, -0.25) is 0 Å². The summed E-state index contributed by atoms with van der Waals surface area (Å²) in [5.41, 5.74) is 0. The summed E-state index contributed by atoms with van der Waals surface area (Å²) in [6.45, 7) is 44.8. The van der Waals surface area contributed by atoms with Crippen molar-refractivity contribution >= 4 is 0 Å². The van der Waals surface area contributed by atoms with Crippen molar-refractivity contribution in [1.82, 2.24) is 0 Å². The van der Waals surface area contributed by atoms with Gasteiger partial charge in [-0.15, -0.1) is 0 Å². The third kappa shape index (κ3) is 74.4. The van der Waals surface area contributed by atoms with Crippen LogP contribution in [0.4, 0.5) is 0 Å². The highest BCUT2D eigenvalue weighted by Crippen LogP contribution is 2.04. The summed E-state index contributed by atoms with van der Waals surface area (Å²) in [6.07, 6.45) is 15.8. The van der Waals surface area contributed by atoms with E-state index in [1.54, 1.807) is 0 Å². The molecule has 0 fully saturated rings. The van der Waals surface area contributed by atoms with E-state index in [1.165, 1.54) is 25.7 Å². The largest absolute Gasteiger partial charge is 0.379 e. The number of hydrogen-bond donors (Lipinski definition) is 0. The Kier molecular flexibility index (Phi) is 51.7. The minimum atomic E-state index is 0.621. The molecule has 0 saturated heterocycles. The van der Waals surface area contributed by atoms with Gasteiger partial charge in [0, 0.05) is 39.6 Å². The molecule has 0 aliphatic rings. The maximum Gasteiger partial charge on any atom is 0.0700 e. The van der Waals surface area contributed by atoms with Gasteiger partial charge in [0.2, 0.25) is 0 Å². The van der Waals surface area contributed by atoms with E-state index in [0.29, 0.717) is 23.7 Å². The van der Waals surface area contributed by atoms with Crippen LogP contribution in [0, 0.1) is 47.3 Å². The maximum absolute atomic E-state index is 5.44. The van der Waals surface area contributed by atoms with Crippen molar-refractivity contribution in [2.75, 3.05) is 79.3 Å². The molecule has 0 aromatic heterocycles. The number of hydrogen-bond acceptors (Lipinski definition) is 6. The van der Waals surface area contributed by atoms with Gasteiger partial charge in [0.1, 0.15) is 0 Å². The highest BCUT2D eigenvalue weighted by Gasteiger charge is 1.98. The molecule has 0 aliphatic carbocycles. The number of rotatable bonds is 30. The average molecular weight is 745 g/mol. The molecule has 0 heterocycles. The monoisotopic (exact) mass is 745 g/mol. The lowest BCUT2D eigenvalue weighted by Gasteiger charge is -2.08. The third-order valence-electron chi connectivity index (χ3n) is 6.67. The van der Waals surface area contributed by atoms with Gasteiger partial charge in [-0.2, -0.15) is 0 Å². The van der Waals surface area contributed by atoms with E-state index >= 15 is 0 Å². The molecule has 6 nitrogen and oxygen atoms in total. The molecule has 0 bridgehead atoms. The zero-order valence-corrected chi connectivity index (χ0v) is 38.1. The Hall–Kier alpha value is -0.760. The second-order valence-electron chi connectivity index (χ2n) is 17.3. The molecule has 0 aromatic rings. The van der Waals surface area contributed by atoms with Crippen LogP contribution in [0.1, 0.15) is 149 Å². The second kappa shape index (κ2) is 46.4. The molecular formula is C46H96O6. The van der Waals surface area contributed by atoms with E-state index in [-0.39, 0.29) is 0 Å². The normalized spacial score (nSPS) is 11.8. The standard InChI is InChI=1S/2C12H26O2.2C11H22O/c2*1-11(2)6-5-7-13-8-9-14-10-12(3)4;2*1-10(2)7-5-6-8-12-9-11(3)4/h2*11-12H,5-10H2,1-4H3;2*5-6,10-11H,7-9H2,1-4H3. The quantitative estimate of drug-likeness (QED) is 0.0539. The minimum Gasteiger partial charge on any atom is -0.379 e. The summed E-state index contributed by atoms with van der Waals surface area (Å²) in [5, 5.41) is 0. The highest BCUT2D eigenvalue weighted by atomic mass is 16.5. The molecule has 0 atom stereocenters. The van der Waals surface area contributed by atoms with Gasteiger partial charge in [-0.25, -0.2) is 0 Å². The number of ether oxygens (including phenoxy) is 6. The summed E-state index contributed by atoms with van der Waals surface area (Å²) >= 11 is 0. The zero-order valence-electron chi connectivity index (χ0n) is 38.1. The lowest BCUT2D eigenvalue weighted by atomic mass is 10.1. The fraction of sp³-hybridized carbons (Fsp3) is 0.913. The van der Waals surface area contributed by atoms with Crippen LogP contribution in [-0.4, -0.2) is 79.3 Å². The molecular weight excluding hydrogens is 649 g/mol. The molecule has 0 amide bonds. The van der Waals surface area contributed by atoms with E-state index < -0.39 is 0 Å². The fourth-order valence-electron chi connectivity index (χ4n) is 3.88. The van der Waals surface area contributed by atoms with Crippen molar-refractivity contribution in [3.8, 4) is 0 Å². The van der Waals surface area contributed by atoms with Crippen molar-refractivity contribution in [2.24, 2.45) is 47.3 Å². The zero-order chi connectivity index (χ0) is 40.4. The van der Waals surface area contributed by atoms with Crippen LogP contribution < -0.4 is 0 Å².